The highest BCUT2D eigenvalue weighted by atomic mass is 16.5. The third-order valence-electron chi connectivity index (χ3n) is 4.41. The summed E-state index contributed by atoms with van der Waals surface area (Å²) in [7, 11) is 0. The van der Waals surface area contributed by atoms with Gasteiger partial charge in [-0.05, 0) is 41.3 Å². The highest BCUT2D eigenvalue weighted by molar-refractivity contribution is 6.01. The van der Waals surface area contributed by atoms with Crippen LogP contribution in [0.1, 0.15) is 31.9 Å². The van der Waals surface area contributed by atoms with Gasteiger partial charge in [0.25, 0.3) is 5.91 Å². The first-order valence-corrected chi connectivity index (χ1v) is 8.78. The van der Waals surface area contributed by atoms with Gasteiger partial charge < -0.3 is 15.4 Å². The van der Waals surface area contributed by atoms with E-state index in [1.165, 1.54) is 5.56 Å². The fraction of sp³-hybridized carbons (Fsp3) is 0.333. The molecule has 26 heavy (non-hydrogen) atoms. The zero-order valence-electron chi connectivity index (χ0n) is 15.5. The number of aliphatic imine (C=N–C) groups is 1. The van der Waals surface area contributed by atoms with E-state index in [0.717, 1.165) is 11.3 Å². The van der Waals surface area contributed by atoms with E-state index >= 15 is 0 Å². The number of hydrogen-bond acceptors (Lipinski definition) is 4. The predicted octanol–water partition coefficient (Wildman–Crippen LogP) is 3.41. The van der Waals surface area contributed by atoms with Crippen molar-refractivity contribution in [2.75, 3.05) is 30.3 Å². The van der Waals surface area contributed by atoms with Crippen LogP contribution < -0.4 is 15.4 Å². The lowest BCUT2D eigenvalue weighted by molar-refractivity contribution is -0.120. The summed E-state index contributed by atoms with van der Waals surface area (Å²) in [6, 6.07) is 13.4. The smallest absolute Gasteiger partial charge is 0.264 e. The average Bonchev–Trinajstić information content (AvgIpc) is 2.81. The van der Waals surface area contributed by atoms with Crippen molar-refractivity contribution in [3.8, 4) is 5.75 Å². The zero-order valence-corrected chi connectivity index (χ0v) is 15.5. The van der Waals surface area contributed by atoms with Crippen LogP contribution in [-0.2, 0) is 10.2 Å². The minimum Gasteiger partial charge on any atom is -0.484 e. The molecule has 0 atom stereocenters. The second kappa shape index (κ2) is 7.20. The quantitative estimate of drug-likeness (QED) is 0.862. The fourth-order valence-electron chi connectivity index (χ4n) is 2.90. The van der Waals surface area contributed by atoms with Gasteiger partial charge >= 0.3 is 0 Å². The molecule has 5 heteroatoms. The molecule has 3 rings (SSSR count). The van der Waals surface area contributed by atoms with Gasteiger partial charge in [0, 0.05) is 24.0 Å². The summed E-state index contributed by atoms with van der Waals surface area (Å²) < 4.78 is 5.71. The molecule has 0 saturated heterocycles. The number of carbonyl (C=O) groups is 1. The fourth-order valence-corrected chi connectivity index (χ4v) is 2.90. The molecule has 0 fully saturated rings. The van der Waals surface area contributed by atoms with Gasteiger partial charge in [-0.15, -0.1) is 0 Å². The molecule has 1 heterocycles. The molecule has 0 spiro atoms. The van der Waals surface area contributed by atoms with Gasteiger partial charge in [0.15, 0.2) is 6.61 Å². The SMILES string of the molecule is CC(C)(C)c1ccc(OCC(=O)N2CCN=Cc3cc(N)ccc32)cc1. The minimum atomic E-state index is -0.0959. The maximum Gasteiger partial charge on any atom is 0.264 e. The van der Waals surface area contributed by atoms with Crippen molar-refractivity contribution in [3.05, 3.63) is 53.6 Å². The summed E-state index contributed by atoms with van der Waals surface area (Å²) >= 11 is 0. The Hall–Kier alpha value is -2.82. The molecule has 2 N–H and O–H groups in total. The van der Waals surface area contributed by atoms with E-state index in [-0.39, 0.29) is 17.9 Å². The molecule has 0 aliphatic carbocycles. The molecule has 0 aromatic heterocycles. The maximum atomic E-state index is 12.7. The van der Waals surface area contributed by atoms with Crippen LogP contribution in [0.3, 0.4) is 0 Å². The summed E-state index contributed by atoms with van der Waals surface area (Å²) in [6.45, 7) is 7.56. The van der Waals surface area contributed by atoms with E-state index < -0.39 is 0 Å². The zero-order chi connectivity index (χ0) is 18.7. The Bertz CT molecular complexity index is 820. The van der Waals surface area contributed by atoms with Crippen molar-refractivity contribution in [3.63, 3.8) is 0 Å². The molecule has 0 unspecified atom stereocenters. The second-order valence-corrected chi connectivity index (χ2v) is 7.46. The lowest BCUT2D eigenvalue weighted by Crippen LogP contribution is -2.36. The Balaban J connectivity index is 1.69. The van der Waals surface area contributed by atoms with Crippen LogP contribution >= 0.6 is 0 Å². The Labute approximate surface area is 154 Å². The average molecular weight is 351 g/mol. The van der Waals surface area contributed by atoms with Gasteiger partial charge in [0.2, 0.25) is 0 Å². The summed E-state index contributed by atoms with van der Waals surface area (Å²) in [6.07, 6.45) is 1.77. The molecular weight excluding hydrogens is 326 g/mol. The molecule has 2 aromatic rings. The molecule has 136 valence electrons. The number of anilines is 2. The summed E-state index contributed by atoms with van der Waals surface area (Å²) in [5, 5.41) is 0. The number of benzene rings is 2. The van der Waals surface area contributed by atoms with Crippen LogP contribution in [0.5, 0.6) is 5.75 Å². The van der Waals surface area contributed by atoms with Gasteiger partial charge in [-0.1, -0.05) is 32.9 Å². The molecule has 1 aliphatic heterocycles. The Morgan fingerprint density at radius 2 is 1.92 bits per heavy atom. The van der Waals surface area contributed by atoms with E-state index in [1.807, 2.05) is 36.4 Å². The van der Waals surface area contributed by atoms with E-state index in [2.05, 4.69) is 25.8 Å². The number of rotatable bonds is 3. The lowest BCUT2D eigenvalue weighted by atomic mass is 9.87. The number of carbonyl (C=O) groups excluding carboxylic acids is 1. The minimum absolute atomic E-state index is 0.0152. The Kier molecular flexibility index (Phi) is 4.98. The Morgan fingerprint density at radius 1 is 1.19 bits per heavy atom. The topological polar surface area (TPSA) is 67.9 Å². The molecule has 1 aliphatic rings. The third kappa shape index (κ3) is 4.04. The van der Waals surface area contributed by atoms with Gasteiger partial charge in [-0.3, -0.25) is 9.79 Å². The summed E-state index contributed by atoms with van der Waals surface area (Å²) in [5.74, 6) is 0.594. The van der Waals surface area contributed by atoms with Gasteiger partial charge in [-0.2, -0.15) is 0 Å². The van der Waals surface area contributed by atoms with Crippen molar-refractivity contribution >= 4 is 23.5 Å². The van der Waals surface area contributed by atoms with Gasteiger partial charge in [0.05, 0.1) is 12.2 Å². The highest BCUT2D eigenvalue weighted by Gasteiger charge is 2.20. The lowest BCUT2D eigenvalue weighted by Gasteiger charge is -2.23. The molecule has 2 aromatic carbocycles. The van der Waals surface area contributed by atoms with Crippen LogP contribution in [0.15, 0.2) is 47.5 Å². The van der Waals surface area contributed by atoms with Crippen molar-refractivity contribution < 1.29 is 9.53 Å². The second-order valence-electron chi connectivity index (χ2n) is 7.46. The number of nitrogen functional groups attached to an aromatic ring is 1. The van der Waals surface area contributed by atoms with E-state index in [4.69, 9.17) is 10.5 Å². The first kappa shape index (κ1) is 18.0. The monoisotopic (exact) mass is 351 g/mol. The van der Waals surface area contributed by atoms with E-state index in [0.29, 0.717) is 24.5 Å². The first-order valence-electron chi connectivity index (χ1n) is 8.78. The normalized spacial score (nSPS) is 13.9. The van der Waals surface area contributed by atoms with Crippen LogP contribution in [-0.4, -0.2) is 31.8 Å². The summed E-state index contributed by atoms with van der Waals surface area (Å²) in [4.78, 5) is 18.7. The number of nitrogens with zero attached hydrogens (tertiary/aromatic N) is 2. The number of benzodiazepines with no additional fused rings is 1. The van der Waals surface area contributed by atoms with Crippen LogP contribution in [0.25, 0.3) is 0 Å². The van der Waals surface area contributed by atoms with Crippen molar-refractivity contribution in [1.29, 1.82) is 0 Å². The molecule has 0 saturated carbocycles. The molecule has 0 bridgehead atoms. The largest absolute Gasteiger partial charge is 0.484 e. The number of hydrogen-bond donors (Lipinski definition) is 1. The van der Waals surface area contributed by atoms with Crippen LogP contribution in [0, 0.1) is 0 Å². The summed E-state index contributed by atoms with van der Waals surface area (Å²) in [5.41, 5.74) is 9.48. The number of ether oxygens (including phenoxy) is 1. The van der Waals surface area contributed by atoms with Crippen molar-refractivity contribution in [2.24, 2.45) is 4.99 Å². The van der Waals surface area contributed by atoms with E-state index in [1.54, 1.807) is 17.2 Å². The highest BCUT2D eigenvalue weighted by Crippen LogP contribution is 2.25. The number of nitrogens with two attached hydrogens (primary N) is 1. The predicted molar refractivity (Wildman–Crippen MR) is 106 cm³/mol. The van der Waals surface area contributed by atoms with Gasteiger partial charge in [-0.25, -0.2) is 0 Å². The molecule has 1 amide bonds. The molecule has 0 radical (unpaired) electrons. The van der Waals surface area contributed by atoms with Crippen LogP contribution in [0.2, 0.25) is 0 Å². The maximum absolute atomic E-state index is 12.7. The first-order chi connectivity index (χ1) is 12.3. The van der Waals surface area contributed by atoms with Crippen molar-refractivity contribution in [2.45, 2.75) is 26.2 Å². The molecular formula is C21H25N3O2. The van der Waals surface area contributed by atoms with Crippen LogP contribution in [0.4, 0.5) is 11.4 Å². The number of fused-ring (bicyclic) bond motifs is 1. The van der Waals surface area contributed by atoms with E-state index in [9.17, 15) is 4.79 Å². The van der Waals surface area contributed by atoms with Crippen molar-refractivity contribution in [1.82, 2.24) is 0 Å². The van der Waals surface area contributed by atoms with Gasteiger partial charge in [0.1, 0.15) is 5.75 Å². The Morgan fingerprint density at radius 3 is 2.62 bits per heavy atom. The standard InChI is InChI=1S/C21H25N3O2/c1-21(2,3)16-4-7-18(8-5-16)26-14-20(25)24-11-10-23-13-15-12-17(22)6-9-19(15)24/h4-9,12-13H,10-11,14,22H2,1-3H3. The molecule has 5 nitrogen and oxygen atoms in total. The third-order valence-corrected chi connectivity index (χ3v) is 4.41. The number of amides is 1.